The number of nitrogens with one attached hydrogen (secondary N) is 1. The second-order valence-electron chi connectivity index (χ2n) is 8.58. The van der Waals surface area contributed by atoms with Crippen LogP contribution in [0, 0.1) is 6.92 Å². The molecule has 0 radical (unpaired) electrons. The van der Waals surface area contributed by atoms with E-state index in [4.69, 9.17) is 9.26 Å². The number of carbonyl (C=O) groups is 2. The second kappa shape index (κ2) is 10.0. The topological polar surface area (TPSA) is 102 Å². The average molecular weight is 473 g/mol. The minimum Gasteiger partial charge on any atom is -0.481 e. The molecule has 0 spiro atoms. The summed E-state index contributed by atoms with van der Waals surface area (Å²) in [6, 6.07) is 15.4. The summed E-state index contributed by atoms with van der Waals surface area (Å²) in [5.74, 6) is -0.316. The third kappa shape index (κ3) is 5.04. The van der Waals surface area contributed by atoms with E-state index >= 15 is 0 Å². The number of rotatable bonds is 8. The van der Waals surface area contributed by atoms with Crippen molar-refractivity contribution in [1.29, 1.82) is 0 Å². The minimum atomic E-state index is -0.759. The smallest absolute Gasteiger partial charge is 0.412 e. The van der Waals surface area contributed by atoms with Crippen molar-refractivity contribution < 1.29 is 24.0 Å². The summed E-state index contributed by atoms with van der Waals surface area (Å²) in [6.07, 6.45) is 6.43. The van der Waals surface area contributed by atoms with E-state index in [9.17, 15) is 14.7 Å². The van der Waals surface area contributed by atoms with Gasteiger partial charge in [0.25, 0.3) is 0 Å². The number of carbonyl (C=O) groups excluding carboxylic acids is 1. The Morgan fingerprint density at radius 1 is 1.06 bits per heavy atom. The quantitative estimate of drug-likeness (QED) is 0.363. The molecule has 2 N–H and O–H groups in total. The summed E-state index contributed by atoms with van der Waals surface area (Å²) in [4.78, 5) is 23.9. The first kappa shape index (κ1) is 24.0. The molecule has 1 aliphatic rings. The van der Waals surface area contributed by atoms with Crippen LogP contribution in [0.3, 0.4) is 0 Å². The lowest BCUT2D eigenvalue weighted by molar-refractivity contribution is -0.140. The van der Waals surface area contributed by atoms with Gasteiger partial charge in [0.1, 0.15) is 18.0 Å². The van der Waals surface area contributed by atoms with E-state index in [2.05, 4.69) is 10.5 Å². The molecule has 4 rings (SSSR count). The van der Waals surface area contributed by atoms with Gasteiger partial charge in [-0.15, -0.1) is 0 Å². The van der Waals surface area contributed by atoms with Crippen molar-refractivity contribution in [3.63, 3.8) is 0 Å². The third-order valence-corrected chi connectivity index (χ3v) is 6.29. The molecule has 35 heavy (non-hydrogen) atoms. The van der Waals surface area contributed by atoms with Crippen molar-refractivity contribution in [2.45, 2.75) is 39.0 Å². The van der Waals surface area contributed by atoms with Crippen LogP contribution in [-0.4, -0.2) is 28.9 Å². The van der Waals surface area contributed by atoms with Gasteiger partial charge in [-0.05, 0) is 55.9 Å². The van der Waals surface area contributed by atoms with Gasteiger partial charge in [0.2, 0.25) is 0 Å². The van der Waals surface area contributed by atoms with Crippen molar-refractivity contribution in [2.24, 2.45) is 0 Å². The van der Waals surface area contributed by atoms with E-state index in [1.165, 1.54) is 0 Å². The van der Waals surface area contributed by atoms with E-state index in [-0.39, 0.29) is 6.61 Å². The lowest BCUT2D eigenvalue weighted by atomic mass is 9.93. The first-order valence-electron chi connectivity index (χ1n) is 11.5. The molecule has 1 amide bonds. The number of anilines is 1. The number of nitrogens with zero attached hydrogens (tertiary/aromatic N) is 1. The van der Waals surface area contributed by atoms with Gasteiger partial charge in [0, 0.05) is 5.56 Å². The number of allylic oxidation sites excluding steroid dienone is 2. The Morgan fingerprint density at radius 2 is 1.66 bits per heavy atom. The molecule has 0 saturated heterocycles. The van der Waals surface area contributed by atoms with Gasteiger partial charge in [-0.1, -0.05) is 71.9 Å². The highest BCUT2D eigenvalue weighted by Crippen LogP contribution is 2.48. The maximum Gasteiger partial charge on any atom is 0.412 e. The van der Waals surface area contributed by atoms with Crippen molar-refractivity contribution in [1.82, 2.24) is 5.16 Å². The van der Waals surface area contributed by atoms with Crippen LogP contribution in [-0.2, 0) is 14.9 Å². The second-order valence-corrected chi connectivity index (χ2v) is 8.58. The highest BCUT2D eigenvalue weighted by Gasteiger charge is 2.51. The van der Waals surface area contributed by atoms with Crippen LogP contribution in [0.25, 0.3) is 22.5 Å². The molecule has 3 aromatic rings. The molecule has 1 saturated carbocycles. The van der Waals surface area contributed by atoms with E-state index in [1.807, 2.05) is 80.6 Å². The molecule has 1 fully saturated rings. The van der Waals surface area contributed by atoms with E-state index in [1.54, 1.807) is 6.92 Å². The summed E-state index contributed by atoms with van der Waals surface area (Å²) in [7, 11) is 0. The van der Waals surface area contributed by atoms with E-state index in [0.29, 0.717) is 30.0 Å². The number of aliphatic carboxylic acids is 1. The number of carboxylic acids is 1. The van der Waals surface area contributed by atoms with Crippen LogP contribution in [0.1, 0.15) is 37.9 Å². The Hall–Kier alpha value is -4.13. The number of carboxylic acid groups (broad SMARTS) is 1. The minimum absolute atomic E-state index is 0.160. The third-order valence-electron chi connectivity index (χ3n) is 6.29. The van der Waals surface area contributed by atoms with Crippen LogP contribution in [0.4, 0.5) is 10.5 Å². The molecule has 7 nitrogen and oxygen atoms in total. The zero-order chi connectivity index (χ0) is 25.0. The molecule has 0 atom stereocenters. The predicted molar refractivity (Wildman–Crippen MR) is 134 cm³/mol. The molecular formula is C28H28N2O5. The summed E-state index contributed by atoms with van der Waals surface area (Å²) < 4.78 is 10.8. The maximum absolute atomic E-state index is 12.4. The molecule has 1 heterocycles. The molecule has 180 valence electrons. The van der Waals surface area contributed by atoms with Crippen molar-refractivity contribution in [2.75, 3.05) is 11.9 Å². The Balaban J connectivity index is 1.47. The zero-order valence-corrected chi connectivity index (χ0v) is 20.0. The first-order chi connectivity index (χ1) is 16.9. The highest BCUT2D eigenvalue weighted by molar-refractivity contribution is 5.91. The fraction of sp³-hybridized carbons (Fsp3) is 0.250. The predicted octanol–water partition coefficient (Wildman–Crippen LogP) is 6.50. The summed E-state index contributed by atoms with van der Waals surface area (Å²) in [5, 5.41) is 16.2. The van der Waals surface area contributed by atoms with Crippen LogP contribution in [0.15, 0.2) is 76.9 Å². The number of amides is 1. The highest BCUT2D eigenvalue weighted by atomic mass is 16.5. The van der Waals surface area contributed by atoms with E-state index < -0.39 is 17.5 Å². The number of hydrogen-bond acceptors (Lipinski definition) is 5. The molecule has 1 aromatic heterocycles. The number of benzene rings is 2. The zero-order valence-electron chi connectivity index (χ0n) is 20.0. The molecule has 0 aliphatic heterocycles. The lowest BCUT2D eigenvalue weighted by Gasteiger charge is -2.11. The molecule has 0 bridgehead atoms. The summed E-state index contributed by atoms with van der Waals surface area (Å²) >= 11 is 0. The van der Waals surface area contributed by atoms with Crippen LogP contribution < -0.4 is 5.32 Å². The number of aromatic nitrogens is 1. The summed E-state index contributed by atoms with van der Waals surface area (Å²) in [6.45, 7) is 5.70. The monoisotopic (exact) mass is 472 g/mol. The Morgan fingerprint density at radius 3 is 2.20 bits per heavy atom. The van der Waals surface area contributed by atoms with Gasteiger partial charge in [0.05, 0.1) is 5.41 Å². The molecule has 1 aliphatic carbocycles. The molecule has 7 heteroatoms. The maximum atomic E-state index is 12.4. The Bertz CT molecular complexity index is 1280. The first-order valence-corrected chi connectivity index (χ1v) is 11.5. The number of aryl methyl sites for hydroxylation is 1. The van der Waals surface area contributed by atoms with Gasteiger partial charge < -0.3 is 14.4 Å². The molecular weight excluding hydrogens is 444 g/mol. The lowest BCUT2D eigenvalue weighted by Crippen LogP contribution is -2.19. The van der Waals surface area contributed by atoms with Crippen LogP contribution in [0.2, 0.25) is 0 Å². The number of ether oxygens (including phenoxy) is 1. The van der Waals surface area contributed by atoms with Crippen molar-refractivity contribution in [3.05, 3.63) is 83.6 Å². The van der Waals surface area contributed by atoms with Crippen LogP contribution >= 0.6 is 0 Å². The van der Waals surface area contributed by atoms with Gasteiger partial charge in [-0.2, -0.15) is 0 Å². The number of hydrogen-bond donors (Lipinski definition) is 2. The van der Waals surface area contributed by atoms with Gasteiger partial charge in [0.15, 0.2) is 5.76 Å². The fourth-order valence-electron chi connectivity index (χ4n) is 3.99. The van der Waals surface area contributed by atoms with Crippen LogP contribution in [0.5, 0.6) is 0 Å². The Kier molecular flexibility index (Phi) is 6.87. The Labute approximate surface area is 204 Å². The summed E-state index contributed by atoms with van der Waals surface area (Å²) in [5.41, 5.74) is 4.75. The standard InChI is InChI=1S/C28H28N2O5/c1-4-6-19(5-2)17-34-27(33)29-24-18(3)30-35-25(24)22-9-7-20(8-10-22)21-11-13-23(14-12-21)28(15-16-28)26(31)32/h4-14H,15-17H2,1-3H3,(H,29,33)(H,31,32)/b6-4-,19-5+. The SMILES string of the molecule is C/C=C\C(=C/C)COC(=O)Nc1c(C)noc1-c1ccc(-c2ccc(C3(C(=O)O)CC3)cc2)cc1. The molecule has 0 unspecified atom stereocenters. The van der Waals surface area contributed by atoms with Crippen molar-refractivity contribution in [3.8, 4) is 22.5 Å². The van der Waals surface area contributed by atoms with Gasteiger partial charge >= 0.3 is 12.1 Å². The average Bonchev–Trinajstić information content (AvgIpc) is 3.61. The van der Waals surface area contributed by atoms with Crippen molar-refractivity contribution >= 4 is 17.7 Å². The fourth-order valence-corrected chi connectivity index (χ4v) is 3.99. The largest absolute Gasteiger partial charge is 0.481 e. The molecule has 2 aromatic carbocycles. The van der Waals surface area contributed by atoms with Gasteiger partial charge in [-0.3, -0.25) is 10.1 Å². The van der Waals surface area contributed by atoms with Gasteiger partial charge in [-0.25, -0.2) is 4.79 Å². The van der Waals surface area contributed by atoms with E-state index in [0.717, 1.165) is 27.8 Å². The normalized spacial score (nSPS) is 14.7.